The fraction of sp³-hybridized carbons (Fsp3) is 0.118. The molecule has 0 saturated carbocycles. The quantitative estimate of drug-likeness (QED) is 0.462. The number of quaternary nitrogens is 1. The van der Waals surface area contributed by atoms with E-state index in [0.717, 1.165) is 27.5 Å². The van der Waals surface area contributed by atoms with Crippen LogP contribution in [0.3, 0.4) is 0 Å². The van der Waals surface area contributed by atoms with Gasteiger partial charge in [-0.15, -0.1) is 0 Å². The molecule has 132 valence electrons. The average Bonchev–Trinajstić information content (AvgIpc) is 3.24. The van der Waals surface area contributed by atoms with Gasteiger partial charge in [0.2, 0.25) is 0 Å². The van der Waals surface area contributed by atoms with Crippen molar-refractivity contribution in [3.8, 4) is 0 Å². The summed E-state index contributed by atoms with van der Waals surface area (Å²) in [5, 5.41) is 16.4. The van der Waals surface area contributed by atoms with E-state index >= 15 is 0 Å². The molecule has 0 saturated heterocycles. The number of hydrogen-bond acceptors (Lipinski definition) is 5. The van der Waals surface area contributed by atoms with Gasteiger partial charge in [-0.3, -0.25) is 0 Å². The van der Waals surface area contributed by atoms with Crippen LogP contribution in [-0.2, 0) is 0 Å². The predicted octanol–water partition coefficient (Wildman–Crippen LogP) is 0.0681. The number of aromatic nitrogens is 2. The van der Waals surface area contributed by atoms with Crippen LogP contribution in [0.4, 0.5) is 0 Å². The first kappa shape index (κ1) is 17.1. The number of carboxylic acids is 1. The molecule has 4 rings (SSSR count). The Morgan fingerprint density at radius 1 is 1.38 bits per heavy atom. The zero-order valence-electron chi connectivity index (χ0n) is 13.9. The number of aryl methyl sites for hydroxylation is 1. The molecule has 1 aromatic carbocycles. The minimum absolute atomic E-state index is 0.296. The Balaban J connectivity index is 1.54. The van der Waals surface area contributed by atoms with Gasteiger partial charge in [-0.1, -0.05) is 0 Å². The van der Waals surface area contributed by atoms with E-state index in [1.54, 1.807) is 24.1 Å². The van der Waals surface area contributed by atoms with E-state index in [4.69, 9.17) is 5.11 Å². The molecule has 0 fully saturated rings. The summed E-state index contributed by atoms with van der Waals surface area (Å²) in [6.45, 7) is 2.74. The predicted molar refractivity (Wildman–Crippen MR) is 102 cm³/mol. The van der Waals surface area contributed by atoms with Crippen LogP contribution in [0.1, 0.15) is 16.1 Å². The van der Waals surface area contributed by atoms with Gasteiger partial charge in [0.1, 0.15) is 0 Å². The zero-order chi connectivity index (χ0) is 18.1. The van der Waals surface area contributed by atoms with Gasteiger partial charge in [0, 0.05) is 0 Å². The monoisotopic (exact) mass is 430 g/mol. The molecule has 26 heavy (non-hydrogen) atoms. The summed E-state index contributed by atoms with van der Waals surface area (Å²) in [5.41, 5.74) is 1.37. The molecular weight excluding hydrogens is 413 g/mol. The molecule has 2 atom stereocenters. The first-order chi connectivity index (χ1) is 12.6. The normalized spacial score (nSPS) is 19.0. The molecule has 7 nitrogen and oxygen atoms in total. The number of nitrogens with one attached hydrogen (secondary N) is 2. The number of benzene rings is 1. The first-order valence-corrected chi connectivity index (χ1v) is 10.9. The van der Waals surface area contributed by atoms with Gasteiger partial charge in [-0.05, 0) is 0 Å². The molecule has 2 aliphatic rings. The van der Waals surface area contributed by atoms with Crippen molar-refractivity contribution in [1.29, 1.82) is 0 Å². The van der Waals surface area contributed by atoms with Gasteiger partial charge in [0.15, 0.2) is 0 Å². The second-order valence-corrected chi connectivity index (χ2v) is 9.76. The summed E-state index contributed by atoms with van der Waals surface area (Å²) in [7, 11) is 0. The summed E-state index contributed by atoms with van der Waals surface area (Å²) < 4.78 is 4.58. The molecular formula is C17H17AsN5O2S+. The second-order valence-electron chi connectivity index (χ2n) is 5.91. The Morgan fingerprint density at radius 3 is 2.88 bits per heavy atom. The van der Waals surface area contributed by atoms with Crippen molar-refractivity contribution in [1.82, 2.24) is 14.5 Å². The standard InChI is InChI=1S/C17H16AsN5O2S/c1-11-8-14(21-20-11)18-15-9-22(10-16-19-6-7-23(15)16)26-13-4-2-12(3-5-13)17(24)25/h2-9,18H,10H2,1H3,(H,20,21)(H,24,25)/p+1. The van der Waals surface area contributed by atoms with Crippen molar-refractivity contribution in [3.05, 3.63) is 64.7 Å². The van der Waals surface area contributed by atoms with Crippen LogP contribution in [0.25, 0.3) is 0 Å². The maximum atomic E-state index is 11.0. The molecule has 3 N–H and O–H groups in total. The number of fused-ring (bicyclic) bond motifs is 1. The van der Waals surface area contributed by atoms with E-state index < -0.39 is 21.7 Å². The first-order valence-electron chi connectivity index (χ1n) is 7.98. The molecule has 0 spiro atoms. The summed E-state index contributed by atoms with van der Waals surface area (Å²) in [4.78, 5) is 17.7. The molecule has 9 heteroatoms. The SMILES string of the molecule is Cc1cc([AsH]C2=CN(Sc3ccc(C(=O)O)cc3)CC3=NC=C[NH+]23)n[nH]1. The number of amidine groups is 1. The average molecular weight is 430 g/mol. The summed E-state index contributed by atoms with van der Waals surface area (Å²) in [6, 6.07) is 9.04. The molecule has 2 unspecified atom stereocenters. The number of rotatable bonds is 5. The van der Waals surface area contributed by atoms with Crippen LogP contribution in [0, 0.1) is 6.92 Å². The van der Waals surface area contributed by atoms with Gasteiger partial charge in [-0.2, -0.15) is 0 Å². The number of aromatic amines is 1. The zero-order valence-corrected chi connectivity index (χ0v) is 16.8. The molecule has 3 heterocycles. The summed E-state index contributed by atoms with van der Waals surface area (Å²) in [5.74, 6) is 0.167. The van der Waals surface area contributed by atoms with Gasteiger partial charge in [0.05, 0.1) is 0 Å². The minimum atomic E-state index is -0.910. The molecule has 2 aliphatic heterocycles. The topological polar surface area (TPSA) is 86.0 Å². The number of aliphatic imine (C=N–C) groups is 1. The van der Waals surface area contributed by atoms with E-state index in [0.29, 0.717) is 5.56 Å². The summed E-state index contributed by atoms with van der Waals surface area (Å²) in [6.07, 6.45) is 6.12. The Bertz CT molecular complexity index is 935. The number of H-pyrrole nitrogens is 1. The van der Waals surface area contributed by atoms with E-state index in [1.807, 2.05) is 25.3 Å². The van der Waals surface area contributed by atoms with Crippen molar-refractivity contribution >= 4 is 44.0 Å². The Kier molecular flexibility index (Phi) is 4.71. The third-order valence-corrected chi connectivity index (χ3v) is 7.37. The molecule has 2 aromatic rings. The molecule has 0 radical (unpaired) electrons. The maximum absolute atomic E-state index is 11.0. The van der Waals surface area contributed by atoms with Crippen LogP contribution >= 0.6 is 11.9 Å². The van der Waals surface area contributed by atoms with E-state index in [2.05, 4.69) is 38.0 Å². The van der Waals surface area contributed by atoms with E-state index in [9.17, 15) is 4.79 Å². The number of nitrogens with zero attached hydrogens (tertiary/aromatic N) is 3. The number of hydrogen-bond donors (Lipinski definition) is 3. The third-order valence-electron chi connectivity index (χ3n) is 3.94. The van der Waals surface area contributed by atoms with Crippen molar-refractivity contribution < 1.29 is 14.8 Å². The molecule has 0 aliphatic carbocycles. The van der Waals surface area contributed by atoms with Gasteiger partial charge < -0.3 is 0 Å². The van der Waals surface area contributed by atoms with Crippen molar-refractivity contribution in [2.75, 3.05) is 6.54 Å². The molecule has 1 aromatic heterocycles. The summed E-state index contributed by atoms with van der Waals surface area (Å²) >= 11 is 1.02. The van der Waals surface area contributed by atoms with E-state index in [1.165, 1.54) is 9.38 Å². The van der Waals surface area contributed by atoms with Crippen LogP contribution in [0.5, 0.6) is 0 Å². The number of carboxylic acid groups (broad SMARTS) is 1. The van der Waals surface area contributed by atoms with Crippen molar-refractivity contribution in [2.45, 2.75) is 11.8 Å². The van der Waals surface area contributed by atoms with Gasteiger partial charge in [0.25, 0.3) is 0 Å². The Hall–Kier alpha value is -2.28. The Morgan fingerprint density at radius 2 is 2.19 bits per heavy atom. The fourth-order valence-corrected chi connectivity index (χ4v) is 6.43. The van der Waals surface area contributed by atoms with Crippen LogP contribution in [0.15, 0.2) is 63.3 Å². The number of aromatic carboxylic acids is 1. The van der Waals surface area contributed by atoms with Crippen LogP contribution < -0.4 is 9.38 Å². The van der Waals surface area contributed by atoms with Crippen LogP contribution in [0.2, 0.25) is 0 Å². The van der Waals surface area contributed by atoms with Gasteiger partial charge >= 0.3 is 161 Å². The number of carbonyl (C=O) groups is 1. The van der Waals surface area contributed by atoms with Gasteiger partial charge in [-0.25, -0.2) is 0 Å². The fourth-order valence-electron chi connectivity index (χ4n) is 2.72. The molecule has 0 amide bonds. The third kappa shape index (κ3) is 3.62. The molecule has 0 bridgehead atoms. The second kappa shape index (κ2) is 7.15. The van der Waals surface area contributed by atoms with Crippen LogP contribution in [-0.4, -0.2) is 53.7 Å². The Labute approximate surface area is 161 Å². The van der Waals surface area contributed by atoms with Crippen molar-refractivity contribution in [2.24, 2.45) is 4.99 Å². The van der Waals surface area contributed by atoms with Crippen molar-refractivity contribution in [3.63, 3.8) is 0 Å². The van der Waals surface area contributed by atoms with E-state index in [-0.39, 0.29) is 0 Å².